The zero-order chi connectivity index (χ0) is 15.6. The lowest BCUT2D eigenvalue weighted by atomic mass is 10.3. The molecular formula is C14H16ClFN2O2S. The predicted molar refractivity (Wildman–Crippen MR) is 81.7 cm³/mol. The molecule has 0 fully saturated rings. The highest BCUT2D eigenvalue weighted by Crippen LogP contribution is 2.26. The molecule has 0 spiro atoms. The van der Waals surface area contributed by atoms with E-state index in [9.17, 15) is 12.8 Å². The molecule has 0 atom stereocenters. The predicted octanol–water partition coefficient (Wildman–Crippen LogP) is 3.21. The number of nitrogens with zero attached hydrogens (tertiary/aromatic N) is 2. The van der Waals surface area contributed by atoms with Gasteiger partial charge in [-0.25, -0.2) is 12.8 Å². The van der Waals surface area contributed by atoms with Gasteiger partial charge in [-0.2, -0.15) is 0 Å². The molecule has 2 rings (SSSR count). The highest BCUT2D eigenvalue weighted by molar-refractivity contribution is 7.92. The molecule has 0 aliphatic rings. The molecule has 0 N–H and O–H groups in total. The average Bonchev–Trinajstić information content (AvgIpc) is 2.91. The average molecular weight is 331 g/mol. The Hall–Kier alpha value is -1.53. The smallest absolute Gasteiger partial charge is 0.265 e. The highest BCUT2D eigenvalue weighted by atomic mass is 35.5. The third kappa shape index (κ3) is 2.91. The summed E-state index contributed by atoms with van der Waals surface area (Å²) in [7, 11) is -2.49. The van der Waals surface area contributed by atoms with Gasteiger partial charge < -0.3 is 4.57 Å². The van der Waals surface area contributed by atoms with E-state index in [4.69, 9.17) is 11.6 Å². The minimum Gasteiger partial charge on any atom is -0.349 e. The molecule has 1 aromatic carbocycles. The molecule has 1 aromatic heterocycles. The maximum Gasteiger partial charge on any atom is 0.265 e. The van der Waals surface area contributed by atoms with Gasteiger partial charge in [0, 0.05) is 25.5 Å². The van der Waals surface area contributed by atoms with E-state index >= 15 is 0 Å². The summed E-state index contributed by atoms with van der Waals surface area (Å²) in [6.45, 7) is 2.51. The highest BCUT2D eigenvalue weighted by Gasteiger charge is 2.25. The second-order valence-corrected chi connectivity index (χ2v) is 6.75. The fourth-order valence-electron chi connectivity index (χ4n) is 2.07. The van der Waals surface area contributed by atoms with E-state index in [0.717, 1.165) is 4.31 Å². The van der Waals surface area contributed by atoms with Crippen molar-refractivity contribution in [1.82, 2.24) is 4.57 Å². The van der Waals surface area contributed by atoms with Crippen LogP contribution in [-0.4, -0.2) is 20.0 Å². The number of para-hydroxylation sites is 1. The monoisotopic (exact) mass is 330 g/mol. The number of alkyl halides is 1. The molecule has 0 saturated carbocycles. The SMILES string of the molecule is CCn1cc(S(=O)(=O)N(C)c2ccccc2F)cc1CCl. The van der Waals surface area contributed by atoms with Crippen molar-refractivity contribution in [2.24, 2.45) is 0 Å². The Morgan fingerprint density at radius 1 is 1.33 bits per heavy atom. The van der Waals surface area contributed by atoms with Crippen LogP contribution in [0.15, 0.2) is 41.4 Å². The largest absolute Gasteiger partial charge is 0.349 e. The van der Waals surface area contributed by atoms with E-state index in [0.29, 0.717) is 12.2 Å². The first-order valence-electron chi connectivity index (χ1n) is 6.40. The number of rotatable bonds is 5. The number of halogens is 2. The van der Waals surface area contributed by atoms with Gasteiger partial charge in [-0.1, -0.05) is 12.1 Å². The molecule has 0 radical (unpaired) electrons. The van der Waals surface area contributed by atoms with Crippen molar-refractivity contribution in [2.75, 3.05) is 11.4 Å². The summed E-state index contributed by atoms with van der Waals surface area (Å²) in [6.07, 6.45) is 1.52. The van der Waals surface area contributed by atoms with Crippen molar-refractivity contribution in [3.8, 4) is 0 Å². The minimum atomic E-state index is -3.82. The molecule has 0 saturated heterocycles. The van der Waals surface area contributed by atoms with Gasteiger partial charge in [0.1, 0.15) is 10.7 Å². The van der Waals surface area contributed by atoms with E-state index in [2.05, 4.69) is 0 Å². The Kier molecular flexibility index (Phi) is 4.58. The maximum absolute atomic E-state index is 13.8. The van der Waals surface area contributed by atoms with Crippen molar-refractivity contribution < 1.29 is 12.8 Å². The third-order valence-corrected chi connectivity index (χ3v) is 5.30. The van der Waals surface area contributed by atoms with Gasteiger partial charge in [-0.05, 0) is 25.1 Å². The molecule has 0 bridgehead atoms. The van der Waals surface area contributed by atoms with Gasteiger partial charge in [-0.3, -0.25) is 4.31 Å². The van der Waals surface area contributed by atoms with Crippen molar-refractivity contribution in [1.29, 1.82) is 0 Å². The van der Waals surface area contributed by atoms with Crippen LogP contribution in [0.2, 0.25) is 0 Å². The van der Waals surface area contributed by atoms with Crippen LogP contribution in [-0.2, 0) is 22.4 Å². The van der Waals surface area contributed by atoms with Gasteiger partial charge in [0.05, 0.1) is 11.6 Å². The van der Waals surface area contributed by atoms with E-state index in [1.54, 1.807) is 10.6 Å². The fourth-order valence-corrected chi connectivity index (χ4v) is 3.57. The van der Waals surface area contributed by atoms with Crippen LogP contribution in [0.1, 0.15) is 12.6 Å². The van der Waals surface area contributed by atoms with Crippen LogP contribution in [0, 0.1) is 5.82 Å². The number of sulfonamides is 1. The van der Waals surface area contributed by atoms with Gasteiger partial charge in [0.2, 0.25) is 0 Å². The molecule has 0 aliphatic carbocycles. The van der Waals surface area contributed by atoms with E-state index < -0.39 is 15.8 Å². The third-order valence-electron chi connectivity index (χ3n) is 3.29. The molecule has 0 aliphatic heterocycles. The summed E-state index contributed by atoms with van der Waals surface area (Å²) in [5, 5.41) is 0. The van der Waals surface area contributed by atoms with Crippen LogP contribution in [0.4, 0.5) is 10.1 Å². The number of aryl methyl sites for hydroxylation is 1. The van der Waals surface area contributed by atoms with Crippen molar-refractivity contribution >= 4 is 27.3 Å². The first-order chi connectivity index (χ1) is 9.91. The fraction of sp³-hybridized carbons (Fsp3) is 0.286. The Morgan fingerprint density at radius 2 is 2.00 bits per heavy atom. The standard InChI is InChI=1S/C14H16ClFN2O2S/c1-3-18-10-12(8-11(18)9-15)21(19,20)17(2)14-7-5-4-6-13(14)16/h4-8,10H,3,9H2,1-2H3. The Labute approximate surface area is 128 Å². The summed E-state index contributed by atoms with van der Waals surface area (Å²) >= 11 is 5.81. The normalized spacial score (nSPS) is 11.6. The first-order valence-corrected chi connectivity index (χ1v) is 8.37. The number of anilines is 1. The second-order valence-electron chi connectivity index (χ2n) is 4.51. The van der Waals surface area contributed by atoms with Crippen LogP contribution < -0.4 is 4.31 Å². The molecule has 1 heterocycles. The number of benzene rings is 1. The lowest BCUT2D eigenvalue weighted by Crippen LogP contribution is -2.27. The van der Waals surface area contributed by atoms with E-state index in [1.165, 1.54) is 37.5 Å². The first kappa shape index (κ1) is 15.9. The molecule has 21 heavy (non-hydrogen) atoms. The van der Waals surface area contributed by atoms with Gasteiger partial charge in [0.15, 0.2) is 0 Å². The maximum atomic E-state index is 13.8. The summed E-state index contributed by atoms with van der Waals surface area (Å²) < 4.78 is 41.6. The van der Waals surface area contributed by atoms with Crippen LogP contribution >= 0.6 is 11.6 Å². The topological polar surface area (TPSA) is 42.3 Å². The molecule has 7 heteroatoms. The van der Waals surface area contributed by atoms with Crippen molar-refractivity contribution in [3.05, 3.63) is 48.0 Å². The summed E-state index contributed by atoms with van der Waals surface area (Å²) in [6, 6.07) is 7.27. The Bertz CT molecular complexity index is 722. The number of aromatic nitrogens is 1. The summed E-state index contributed by atoms with van der Waals surface area (Å²) in [5.41, 5.74) is 0.717. The summed E-state index contributed by atoms with van der Waals surface area (Å²) in [5.74, 6) is -0.372. The van der Waals surface area contributed by atoms with Gasteiger partial charge >= 0.3 is 0 Å². The zero-order valence-corrected chi connectivity index (χ0v) is 13.3. The molecule has 0 unspecified atom stereocenters. The Morgan fingerprint density at radius 3 is 2.52 bits per heavy atom. The van der Waals surface area contributed by atoms with Crippen molar-refractivity contribution in [3.63, 3.8) is 0 Å². The van der Waals surface area contributed by atoms with E-state index in [-0.39, 0.29) is 16.5 Å². The van der Waals surface area contributed by atoms with Gasteiger partial charge in [0.25, 0.3) is 10.0 Å². The number of hydrogen-bond acceptors (Lipinski definition) is 2. The second kappa shape index (κ2) is 6.07. The number of hydrogen-bond donors (Lipinski definition) is 0. The van der Waals surface area contributed by atoms with Crippen LogP contribution in [0.5, 0.6) is 0 Å². The zero-order valence-electron chi connectivity index (χ0n) is 11.8. The molecule has 2 aromatic rings. The van der Waals surface area contributed by atoms with Crippen molar-refractivity contribution in [2.45, 2.75) is 24.2 Å². The van der Waals surface area contributed by atoms with Crippen LogP contribution in [0.3, 0.4) is 0 Å². The molecule has 0 amide bonds. The lowest BCUT2D eigenvalue weighted by molar-refractivity contribution is 0.589. The summed E-state index contributed by atoms with van der Waals surface area (Å²) in [4.78, 5) is 0.103. The van der Waals surface area contributed by atoms with E-state index in [1.807, 2.05) is 6.92 Å². The lowest BCUT2D eigenvalue weighted by Gasteiger charge is -2.19. The molecule has 114 valence electrons. The Balaban J connectivity index is 2.47. The molecular weight excluding hydrogens is 315 g/mol. The molecule has 4 nitrogen and oxygen atoms in total. The minimum absolute atomic E-state index is 0.00849. The quantitative estimate of drug-likeness (QED) is 0.790. The van der Waals surface area contributed by atoms with Gasteiger partial charge in [-0.15, -0.1) is 11.6 Å². The van der Waals surface area contributed by atoms with Crippen LogP contribution in [0.25, 0.3) is 0 Å².